The van der Waals surface area contributed by atoms with Gasteiger partial charge in [0.15, 0.2) is 35.6 Å². The predicted molar refractivity (Wildman–Crippen MR) is 250 cm³/mol. The minimum Gasteiger partial charge on any atom is -0.493 e. The maximum absolute atomic E-state index is 13.9. The van der Waals surface area contributed by atoms with Crippen LogP contribution in [0.15, 0.2) is 48.6 Å². The van der Waals surface area contributed by atoms with Crippen LogP contribution in [0.2, 0.25) is 0 Å². The van der Waals surface area contributed by atoms with Crippen LogP contribution in [0, 0.1) is 11.8 Å². The van der Waals surface area contributed by atoms with Gasteiger partial charge >= 0.3 is 14.6 Å². The highest BCUT2D eigenvalue weighted by Crippen LogP contribution is 2.58. The lowest BCUT2D eigenvalue weighted by Crippen LogP contribution is -2.63. The zero-order valence-electron chi connectivity index (χ0n) is 40.4. The number of hydrogen-bond donors (Lipinski definition) is 2. The van der Waals surface area contributed by atoms with Gasteiger partial charge in [-0.1, -0.05) is 69.8 Å². The van der Waals surface area contributed by atoms with E-state index in [1.54, 1.807) is 21.1 Å². The van der Waals surface area contributed by atoms with Crippen LogP contribution >= 0.6 is 8.60 Å². The first kappa shape index (κ1) is 51.4. The Morgan fingerprint density at radius 2 is 1.45 bits per heavy atom. The molecule has 0 spiro atoms. The second-order valence-electron chi connectivity index (χ2n) is 18.9. The molecule has 4 heterocycles. The minimum absolute atomic E-state index is 0.0206. The van der Waals surface area contributed by atoms with Crippen molar-refractivity contribution < 1.29 is 71.2 Å². The van der Waals surface area contributed by atoms with Crippen LogP contribution in [-0.2, 0) is 37.5 Å². The Balaban J connectivity index is 1.03. The van der Waals surface area contributed by atoms with Crippen LogP contribution < -0.4 is 23.5 Å². The molecule has 0 radical (unpaired) electrons. The van der Waals surface area contributed by atoms with Crippen molar-refractivity contribution in [2.75, 3.05) is 40.8 Å². The van der Waals surface area contributed by atoms with Crippen LogP contribution in [-0.4, -0.2) is 99.6 Å². The first-order valence-corrected chi connectivity index (χ1v) is 25.4. The van der Waals surface area contributed by atoms with E-state index in [-0.39, 0.29) is 20.0 Å². The molecule has 3 saturated heterocycles. The summed E-state index contributed by atoms with van der Waals surface area (Å²) in [4.78, 5) is 13.9. The third-order valence-corrected chi connectivity index (χ3v) is 14.2. The monoisotopic (exact) mass is 956 g/mol. The number of ether oxygens (including phenoxy) is 9. The van der Waals surface area contributed by atoms with E-state index in [9.17, 15) is 15.0 Å². The van der Waals surface area contributed by atoms with Gasteiger partial charge in [-0.3, -0.25) is 9.32 Å². The molecule has 2 aromatic rings. The van der Waals surface area contributed by atoms with Gasteiger partial charge in [0.2, 0.25) is 12.5 Å². The van der Waals surface area contributed by atoms with Crippen LogP contribution in [0.3, 0.4) is 0 Å². The Kier molecular flexibility index (Phi) is 18.7. The highest BCUT2D eigenvalue weighted by Gasteiger charge is 2.56. The summed E-state index contributed by atoms with van der Waals surface area (Å²) in [7, 11) is 1.20. The normalized spacial score (nSPS) is 28.3. The van der Waals surface area contributed by atoms with E-state index in [1.165, 1.54) is 44.9 Å². The number of fused-ring (bicyclic) bond motifs is 4. The smallest absolute Gasteiger partial charge is 0.398 e. The van der Waals surface area contributed by atoms with E-state index in [2.05, 4.69) is 31.2 Å². The third-order valence-electron chi connectivity index (χ3n) is 12.8. The number of benzene rings is 2. The lowest BCUT2D eigenvalue weighted by molar-refractivity contribution is -0.364. The van der Waals surface area contributed by atoms with Gasteiger partial charge in [-0.25, -0.2) is 0 Å². The van der Waals surface area contributed by atoms with Gasteiger partial charge in [-0.05, 0) is 107 Å². The maximum atomic E-state index is 13.9. The summed E-state index contributed by atoms with van der Waals surface area (Å²) in [5.41, 5.74) is 1.51. The first-order chi connectivity index (χ1) is 32.4. The Bertz CT molecular complexity index is 1940. The maximum Gasteiger partial charge on any atom is 0.398 e. The van der Waals surface area contributed by atoms with E-state index in [1.807, 2.05) is 45.0 Å². The molecule has 5 aliphatic rings. The fourth-order valence-corrected chi connectivity index (χ4v) is 10.6. The van der Waals surface area contributed by atoms with Crippen LogP contribution in [0.25, 0.3) is 0 Å². The van der Waals surface area contributed by atoms with Gasteiger partial charge in [-0.15, -0.1) is 0 Å². The van der Waals surface area contributed by atoms with E-state index in [0.717, 1.165) is 32.1 Å². The fourth-order valence-electron chi connectivity index (χ4n) is 9.41. The summed E-state index contributed by atoms with van der Waals surface area (Å²) in [5, 5.41) is 22.5. The lowest BCUT2D eigenvalue weighted by Gasteiger charge is -2.47. The number of allylic oxidation sites excluding steroid dienone is 4. The summed E-state index contributed by atoms with van der Waals surface area (Å²) in [6, 6.07) is 7.37. The number of carbonyl (C=O) groups is 1. The number of rotatable bonds is 24. The second kappa shape index (κ2) is 24.4. The van der Waals surface area contributed by atoms with E-state index >= 15 is 0 Å². The molecular weight excluding hydrogens is 884 g/mol. The van der Waals surface area contributed by atoms with Crippen molar-refractivity contribution in [1.29, 1.82) is 0 Å². The molecule has 15 nitrogen and oxygen atoms in total. The van der Waals surface area contributed by atoms with Gasteiger partial charge in [0.1, 0.15) is 24.4 Å². The molecule has 0 bridgehead atoms. The highest BCUT2D eigenvalue weighted by atomic mass is 31.2. The zero-order chi connectivity index (χ0) is 47.5. The Hall–Kier alpha value is -3.50. The molecule has 11 atom stereocenters. The van der Waals surface area contributed by atoms with Crippen molar-refractivity contribution in [3.8, 4) is 28.7 Å². The number of aliphatic hydroxyl groups is 2. The number of aliphatic hydroxyl groups excluding tert-OH is 2. The van der Waals surface area contributed by atoms with Crippen molar-refractivity contribution in [2.24, 2.45) is 11.8 Å². The third kappa shape index (κ3) is 13.0. The van der Waals surface area contributed by atoms with Crippen molar-refractivity contribution in [1.82, 2.24) is 0 Å². The fraction of sp³-hybridized carbons (Fsp3) is 0.667. The summed E-state index contributed by atoms with van der Waals surface area (Å²) in [6.07, 6.45) is 16.1. The van der Waals surface area contributed by atoms with E-state index < -0.39 is 81.0 Å². The highest BCUT2D eigenvalue weighted by molar-refractivity contribution is 7.42. The standard InChI is InChI=1S/C51H73O15P/c1-8-9-10-11-12-13-14-15-16-17-18-19-20-21-22-23-24-61-67(66-51(3,4)5)65-47-39(55-6)25-33(26-40(47)56-7)42-34-27-37-38(60-31-59-37)28-35(34)46(36-29-58-49(54)43(36)42)64-50-45(53)44(52)48-41(63-50)30-57-32(2)62-48/h12-13,15-16,25-28,32,36,41-46,48,50,52-53H,8-11,14,17-24,29-31H2,1-7H3/b13-12-,16-15-/t32-,36+,41-,42-,43+,44-,45-,46-,48?,50+,67?/m1/s1. The molecule has 0 saturated carbocycles. The number of methoxy groups -OCH3 is 2. The molecule has 2 unspecified atom stereocenters. The van der Waals surface area contributed by atoms with Crippen molar-refractivity contribution >= 4 is 14.6 Å². The molecule has 2 aromatic carbocycles. The predicted octanol–water partition coefficient (Wildman–Crippen LogP) is 9.88. The average molecular weight is 957 g/mol. The molecule has 2 N–H and O–H groups in total. The minimum atomic E-state index is -1.89. The van der Waals surface area contributed by atoms with Crippen molar-refractivity contribution in [2.45, 2.75) is 166 Å². The number of cyclic esters (lactones) is 1. The van der Waals surface area contributed by atoms with Gasteiger partial charge in [0, 0.05) is 11.8 Å². The Labute approximate surface area is 397 Å². The van der Waals surface area contributed by atoms with Gasteiger partial charge in [0.05, 0.1) is 51.7 Å². The zero-order valence-corrected chi connectivity index (χ0v) is 41.2. The molecule has 3 fully saturated rings. The molecule has 1 aliphatic carbocycles. The number of carbonyl (C=O) groups excluding carboxylic acids is 1. The van der Waals surface area contributed by atoms with Gasteiger partial charge in [0.25, 0.3) is 0 Å². The quantitative estimate of drug-likeness (QED) is 0.0441. The van der Waals surface area contributed by atoms with Gasteiger partial charge < -0.3 is 61.9 Å². The number of esters is 1. The second-order valence-corrected chi connectivity index (χ2v) is 20.0. The SMILES string of the molecule is CCCCC/C=C\C/C=C\CCCCCCCCOP(Oc1c(OC)cc([C@@H]2c3cc4c(cc3[C@@H](O[C@@H]3O[C@@H]5CO[C@@H](C)OC5[C@H](O)[C@H]3O)[C@H]3COC(=O)[C@H]23)OCO4)cc1OC)OC(C)(C)C. The molecule has 0 aromatic heterocycles. The topological polar surface area (TPSA) is 168 Å². The lowest BCUT2D eigenvalue weighted by atomic mass is 9.66. The average Bonchev–Trinajstić information content (AvgIpc) is 3.94. The molecule has 16 heteroatoms. The molecule has 0 amide bonds. The summed E-state index contributed by atoms with van der Waals surface area (Å²) in [6.45, 7) is 10.5. The molecule has 372 valence electrons. The van der Waals surface area contributed by atoms with E-state index in [4.69, 9.17) is 56.2 Å². The molecule has 7 rings (SSSR count). The summed E-state index contributed by atoms with van der Waals surface area (Å²) in [5.74, 6) is -0.277. The largest absolute Gasteiger partial charge is 0.493 e. The van der Waals surface area contributed by atoms with Crippen LogP contribution in [0.5, 0.6) is 28.7 Å². The van der Waals surface area contributed by atoms with Gasteiger partial charge in [-0.2, -0.15) is 0 Å². The van der Waals surface area contributed by atoms with E-state index in [0.29, 0.717) is 52.0 Å². The number of hydrogen-bond acceptors (Lipinski definition) is 15. The molecule has 67 heavy (non-hydrogen) atoms. The van der Waals surface area contributed by atoms with Crippen LogP contribution in [0.4, 0.5) is 0 Å². The Morgan fingerprint density at radius 1 is 0.791 bits per heavy atom. The molecule has 4 aliphatic heterocycles. The van der Waals surface area contributed by atoms with Crippen LogP contribution in [0.1, 0.15) is 140 Å². The summed E-state index contributed by atoms with van der Waals surface area (Å²) >= 11 is 0. The number of unbranched alkanes of at least 4 members (excludes halogenated alkanes) is 9. The van der Waals surface area contributed by atoms with Crippen molar-refractivity contribution in [3.63, 3.8) is 0 Å². The Morgan fingerprint density at radius 3 is 2.12 bits per heavy atom. The van der Waals surface area contributed by atoms with Crippen molar-refractivity contribution in [3.05, 3.63) is 65.3 Å². The first-order valence-electron chi connectivity index (χ1n) is 24.3. The molecular formula is C51H73O15P. The summed E-state index contributed by atoms with van der Waals surface area (Å²) < 4.78 is 72.9.